The summed E-state index contributed by atoms with van der Waals surface area (Å²) in [5, 5.41) is 4.95. The summed E-state index contributed by atoms with van der Waals surface area (Å²) in [7, 11) is 0. The van der Waals surface area contributed by atoms with Crippen molar-refractivity contribution in [2.75, 3.05) is 6.61 Å². The molecule has 0 fully saturated rings. The molecule has 5 rings (SSSR count). The van der Waals surface area contributed by atoms with Crippen molar-refractivity contribution in [2.45, 2.75) is 13.5 Å². The average molecular weight is 645 g/mol. The molecule has 0 saturated heterocycles. The highest BCUT2D eigenvalue weighted by molar-refractivity contribution is 14.1. The molecule has 1 amide bonds. The number of amides is 1. The highest BCUT2D eigenvalue weighted by Gasteiger charge is 2.15. The second-order valence-electron chi connectivity index (χ2n) is 8.82. The quantitative estimate of drug-likeness (QED) is 0.103. The van der Waals surface area contributed by atoms with Gasteiger partial charge in [-0.25, -0.2) is 14.8 Å². The predicted octanol–water partition coefficient (Wildman–Crippen LogP) is 7.39. The minimum atomic E-state index is -0.346. The number of carbonyl (C=O) groups excluding carboxylic acids is 1. The Hall–Kier alpha value is -4.31. The lowest BCUT2D eigenvalue weighted by atomic mass is 10.0. The summed E-state index contributed by atoms with van der Waals surface area (Å²) >= 11 is 2.16. The lowest BCUT2D eigenvalue weighted by Crippen LogP contribution is -2.18. The number of carbonyl (C=O) groups is 1. The molecule has 6 nitrogen and oxygen atoms in total. The summed E-state index contributed by atoms with van der Waals surface area (Å²) in [5.74, 6) is 0.433. The minimum Gasteiger partial charge on any atom is -0.490 e. The van der Waals surface area contributed by atoms with Gasteiger partial charge in [0, 0.05) is 10.9 Å². The number of halogens is 2. The summed E-state index contributed by atoms with van der Waals surface area (Å²) in [6.45, 7) is 2.51. The molecule has 1 aromatic heterocycles. The molecule has 0 bridgehead atoms. The van der Waals surface area contributed by atoms with Crippen LogP contribution < -0.4 is 14.9 Å². The predicted molar refractivity (Wildman–Crippen MR) is 163 cm³/mol. The maximum atomic E-state index is 13.6. The molecule has 8 heteroatoms. The molecule has 0 aliphatic rings. The summed E-state index contributed by atoms with van der Waals surface area (Å²) in [5.41, 5.74) is 6.91. The van der Waals surface area contributed by atoms with Gasteiger partial charge in [-0.2, -0.15) is 5.10 Å². The van der Waals surface area contributed by atoms with E-state index >= 15 is 0 Å². The second-order valence-corrected chi connectivity index (χ2v) is 9.98. The van der Waals surface area contributed by atoms with Crippen molar-refractivity contribution >= 4 is 45.6 Å². The van der Waals surface area contributed by atoms with Gasteiger partial charge in [-0.05, 0) is 77.0 Å². The molecule has 0 spiro atoms. The van der Waals surface area contributed by atoms with Crippen LogP contribution in [-0.2, 0) is 6.61 Å². The molecule has 0 saturated carbocycles. The Kier molecular flexibility index (Phi) is 8.65. The highest BCUT2D eigenvalue weighted by Crippen LogP contribution is 2.34. The maximum absolute atomic E-state index is 13.6. The Morgan fingerprint density at radius 3 is 2.58 bits per heavy atom. The van der Waals surface area contributed by atoms with E-state index in [1.54, 1.807) is 30.5 Å². The summed E-state index contributed by atoms with van der Waals surface area (Å²) in [4.78, 5) is 18.0. The normalized spacial score (nSPS) is 11.1. The lowest BCUT2D eigenvalue weighted by molar-refractivity contribution is 0.0956. The molecule has 200 valence electrons. The molecule has 5 aromatic rings. The van der Waals surface area contributed by atoms with Gasteiger partial charge in [0.05, 0.1) is 33.2 Å². The van der Waals surface area contributed by atoms with Crippen LogP contribution >= 0.6 is 22.6 Å². The first-order valence-corrected chi connectivity index (χ1v) is 13.7. The third-order valence-corrected chi connectivity index (χ3v) is 6.82. The van der Waals surface area contributed by atoms with Crippen LogP contribution in [0.5, 0.6) is 11.5 Å². The number of fused-ring (bicyclic) bond motifs is 1. The van der Waals surface area contributed by atoms with Gasteiger partial charge in [-0.15, -0.1) is 0 Å². The van der Waals surface area contributed by atoms with Crippen molar-refractivity contribution in [1.82, 2.24) is 10.4 Å². The van der Waals surface area contributed by atoms with Crippen molar-refractivity contribution in [1.29, 1.82) is 0 Å². The van der Waals surface area contributed by atoms with E-state index in [0.717, 1.165) is 25.6 Å². The Balaban J connectivity index is 1.36. The first-order chi connectivity index (χ1) is 19.5. The number of hydrogen-bond acceptors (Lipinski definition) is 5. The summed E-state index contributed by atoms with van der Waals surface area (Å²) in [6.07, 6.45) is 1.56. The molecule has 4 aromatic carbocycles. The van der Waals surface area contributed by atoms with Gasteiger partial charge in [-0.3, -0.25) is 4.79 Å². The van der Waals surface area contributed by atoms with Crippen molar-refractivity contribution < 1.29 is 18.7 Å². The first-order valence-electron chi connectivity index (χ1n) is 12.6. The van der Waals surface area contributed by atoms with Gasteiger partial charge in [0.25, 0.3) is 5.91 Å². The molecule has 0 aliphatic carbocycles. The van der Waals surface area contributed by atoms with Crippen molar-refractivity contribution in [3.05, 3.63) is 123 Å². The monoisotopic (exact) mass is 645 g/mol. The molecular formula is C32H25FIN3O3. The smallest absolute Gasteiger partial charge is 0.272 e. The van der Waals surface area contributed by atoms with E-state index in [1.165, 1.54) is 12.1 Å². The Morgan fingerprint density at radius 2 is 1.77 bits per heavy atom. The number of aromatic nitrogens is 1. The van der Waals surface area contributed by atoms with E-state index < -0.39 is 0 Å². The van der Waals surface area contributed by atoms with E-state index in [9.17, 15) is 9.18 Å². The molecule has 0 unspecified atom stereocenters. The molecule has 0 radical (unpaired) electrons. The fourth-order valence-electron chi connectivity index (χ4n) is 4.19. The van der Waals surface area contributed by atoms with Crippen LogP contribution in [0.1, 0.15) is 28.4 Å². The molecule has 1 heterocycles. The maximum Gasteiger partial charge on any atom is 0.272 e. The van der Waals surface area contributed by atoms with E-state index in [0.29, 0.717) is 34.9 Å². The number of para-hydroxylation sites is 1. The SMILES string of the molecule is CCOc1cc(/C=N/NC(=O)c2cc(-c3ccccc3)nc3ccccc23)cc(I)c1OCc1cccc(F)c1. The first kappa shape index (κ1) is 27.3. The highest BCUT2D eigenvalue weighted by atomic mass is 127. The van der Waals surface area contributed by atoms with Crippen LogP contribution in [0.2, 0.25) is 0 Å². The van der Waals surface area contributed by atoms with Crippen LogP contribution in [0.4, 0.5) is 4.39 Å². The van der Waals surface area contributed by atoms with Crippen LogP contribution in [0.15, 0.2) is 102 Å². The van der Waals surface area contributed by atoms with E-state index in [-0.39, 0.29) is 18.3 Å². The van der Waals surface area contributed by atoms with Gasteiger partial charge in [0.2, 0.25) is 0 Å². The number of hydrogen-bond donors (Lipinski definition) is 1. The lowest BCUT2D eigenvalue weighted by Gasteiger charge is -2.15. The van der Waals surface area contributed by atoms with Gasteiger partial charge >= 0.3 is 0 Å². The number of nitrogens with one attached hydrogen (secondary N) is 1. The zero-order valence-corrected chi connectivity index (χ0v) is 23.8. The van der Waals surface area contributed by atoms with Crippen molar-refractivity contribution in [2.24, 2.45) is 5.10 Å². The van der Waals surface area contributed by atoms with Gasteiger partial charge < -0.3 is 9.47 Å². The van der Waals surface area contributed by atoms with Gasteiger partial charge in [-0.1, -0.05) is 60.7 Å². The van der Waals surface area contributed by atoms with Crippen molar-refractivity contribution in [3.8, 4) is 22.8 Å². The van der Waals surface area contributed by atoms with Crippen LogP contribution in [0.25, 0.3) is 22.2 Å². The van der Waals surface area contributed by atoms with Gasteiger partial charge in [0.15, 0.2) is 11.5 Å². The molecule has 1 N–H and O–H groups in total. The zero-order chi connectivity index (χ0) is 27.9. The van der Waals surface area contributed by atoms with Crippen molar-refractivity contribution in [3.63, 3.8) is 0 Å². The summed E-state index contributed by atoms with van der Waals surface area (Å²) in [6, 6.07) is 29.0. The number of ether oxygens (including phenoxy) is 2. The molecular weight excluding hydrogens is 620 g/mol. The standard InChI is InChI=1S/C32H25FIN3O3/c1-2-39-30-17-22(16-27(34)31(30)40-20-21-9-8-12-24(33)15-21)19-35-37-32(38)26-18-29(23-10-4-3-5-11-23)36-28-14-7-6-13-25(26)28/h3-19H,2,20H2,1H3,(H,37,38)/b35-19+. The zero-order valence-electron chi connectivity index (χ0n) is 21.6. The average Bonchev–Trinajstić information content (AvgIpc) is 2.97. The van der Waals surface area contributed by atoms with Crippen LogP contribution in [-0.4, -0.2) is 23.7 Å². The third kappa shape index (κ3) is 6.45. The Bertz CT molecular complexity index is 1690. The number of rotatable bonds is 9. The fourth-order valence-corrected chi connectivity index (χ4v) is 4.97. The number of nitrogens with zero attached hydrogens (tertiary/aromatic N) is 2. The second kappa shape index (κ2) is 12.7. The topological polar surface area (TPSA) is 72.8 Å². The number of benzene rings is 4. The number of hydrazone groups is 1. The largest absolute Gasteiger partial charge is 0.490 e. The van der Waals surface area contributed by atoms with E-state index in [1.807, 2.05) is 67.6 Å². The van der Waals surface area contributed by atoms with Gasteiger partial charge in [0.1, 0.15) is 12.4 Å². The number of pyridine rings is 1. The van der Waals surface area contributed by atoms with E-state index in [2.05, 4.69) is 33.1 Å². The molecule has 0 aliphatic heterocycles. The Labute approximate surface area is 245 Å². The molecule has 0 atom stereocenters. The summed E-state index contributed by atoms with van der Waals surface area (Å²) < 4.78 is 26.1. The fraction of sp³-hybridized carbons (Fsp3) is 0.0938. The van der Waals surface area contributed by atoms with Crippen LogP contribution in [0.3, 0.4) is 0 Å². The van der Waals surface area contributed by atoms with Crippen LogP contribution in [0, 0.1) is 9.39 Å². The third-order valence-electron chi connectivity index (χ3n) is 6.01. The van der Waals surface area contributed by atoms with E-state index in [4.69, 9.17) is 14.5 Å². The minimum absolute atomic E-state index is 0.197. The Morgan fingerprint density at radius 1 is 0.975 bits per heavy atom. The molecule has 40 heavy (non-hydrogen) atoms.